The molecule has 1 aromatic rings. The molecule has 7 nitrogen and oxygen atoms in total. The zero-order valence-electron chi connectivity index (χ0n) is 11.5. The molecule has 114 valence electrons. The fraction of sp³-hybridized carbons (Fsp3) is 0.385. The number of hydrogen-bond acceptors (Lipinski definition) is 4. The topological polar surface area (TPSA) is 104 Å². The van der Waals surface area contributed by atoms with Gasteiger partial charge in [0.2, 0.25) is 21.8 Å². The van der Waals surface area contributed by atoms with E-state index in [9.17, 15) is 18.0 Å². The first-order valence-electron chi connectivity index (χ1n) is 6.48. The molecule has 1 aliphatic heterocycles. The average Bonchev–Trinajstić information content (AvgIpc) is 2.70. The molecular weight excluding hydrogens is 294 g/mol. The molecule has 1 aromatic carbocycles. The van der Waals surface area contributed by atoms with Crippen LogP contribution in [0.2, 0.25) is 0 Å². The van der Waals surface area contributed by atoms with E-state index in [4.69, 9.17) is 0 Å². The van der Waals surface area contributed by atoms with Crippen molar-refractivity contribution >= 4 is 27.5 Å². The number of amides is 2. The summed E-state index contributed by atoms with van der Waals surface area (Å²) in [5.41, 5.74) is 1.55. The number of sulfonamides is 1. The predicted octanol–water partition coefficient (Wildman–Crippen LogP) is -0.222. The van der Waals surface area contributed by atoms with Crippen LogP contribution in [-0.4, -0.2) is 39.6 Å². The zero-order valence-corrected chi connectivity index (χ0v) is 12.4. The maximum atomic E-state index is 11.8. The lowest BCUT2D eigenvalue weighted by atomic mass is 9.97. The Morgan fingerprint density at radius 3 is 2.71 bits per heavy atom. The molecule has 0 radical (unpaired) electrons. The lowest BCUT2D eigenvalue weighted by molar-refractivity contribution is -0.125. The Hall–Kier alpha value is -1.93. The van der Waals surface area contributed by atoms with E-state index in [-0.39, 0.29) is 31.3 Å². The highest BCUT2D eigenvalue weighted by Crippen LogP contribution is 2.34. The van der Waals surface area contributed by atoms with Crippen molar-refractivity contribution < 1.29 is 18.0 Å². The van der Waals surface area contributed by atoms with Gasteiger partial charge in [-0.2, -0.15) is 0 Å². The molecule has 0 aliphatic carbocycles. The highest BCUT2D eigenvalue weighted by atomic mass is 32.2. The zero-order chi connectivity index (χ0) is 15.5. The maximum absolute atomic E-state index is 11.8. The Bertz CT molecular complexity index is 657. The maximum Gasteiger partial charge on any atom is 0.232 e. The standard InChI is InChI=1S/C13H17N3O4S/c1-21(19,20)15-7-6-14-12(17)8-10-9-4-2-3-5-11(9)16-13(10)18/h2-5,10,15H,6-8H2,1H3,(H,14,17)(H,16,18)/t10-/m0/s1. The summed E-state index contributed by atoms with van der Waals surface area (Å²) in [6.45, 7) is 0.305. The minimum absolute atomic E-state index is 0.0434. The molecule has 1 heterocycles. The number of para-hydroxylation sites is 1. The number of fused-ring (bicyclic) bond motifs is 1. The van der Waals surface area contributed by atoms with Gasteiger partial charge in [0.15, 0.2) is 0 Å². The Labute approximate surface area is 123 Å². The molecule has 2 rings (SSSR count). The Kier molecular flexibility index (Phi) is 4.59. The van der Waals surface area contributed by atoms with Gasteiger partial charge in [-0.15, -0.1) is 0 Å². The van der Waals surface area contributed by atoms with Crippen molar-refractivity contribution in [2.24, 2.45) is 0 Å². The Morgan fingerprint density at radius 1 is 1.29 bits per heavy atom. The molecular formula is C13H17N3O4S. The molecule has 0 saturated heterocycles. The number of carbonyl (C=O) groups excluding carboxylic acids is 2. The van der Waals surface area contributed by atoms with Crippen LogP contribution in [0.25, 0.3) is 0 Å². The third-order valence-electron chi connectivity index (χ3n) is 3.11. The first-order chi connectivity index (χ1) is 9.87. The summed E-state index contributed by atoms with van der Waals surface area (Å²) in [5, 5.41) is 5.32. The van der Waals surface area contributed by atoms with Crippen LogP contribution < -0.4 is 15.4 Å². The van der Waals surface area contributed by atoms with Crippen LogP contribution >= 0.6 is 0 Å². The number of hydrogen-bond donors (Lipinski definition) is 3. The Balaban J connectivity index is 1.85. The summed E-state index contributed by atoms with van der Waals surface area (Å²) in [6.07, 6.45) is 1.09. The number of anilines is 1. The van der Waals surface area contributed by atoms with Gasteiger partial charge < -0.3 is 10.6 Å². The van der Waals surface area contributed by atoms with Gasteiger partial charge in [-0.25, -0.2) is 13.1 Å². The van der Waals surface area contributed by atoms with E-state index >= 15 is 0 Å². The van der Waals surface area contributed by atoms with Crippen molar-refractivity contribution in [3.63, 3.8) is 0 Å². The highest BCUT2D eigenvalue weighted by molar-refractivity contribution is 7.88. The normalized spacial score (nSPS) is 17.2. The van der Waals surface area contributed by atoms with Gasteiger partial charge in [-0.1, -0.05) is 18.2 Å². The fourth-order valence-electron chi connectivity index (χ4n) is 2.17. The molecule has 0 spiro atoms. The van der Waals surface area contributed by atoms with Gasteiger partial charge in [0, 0.05) is 25.2 Å². The van der Waals surface area contributed by atoms with E-state index in [0.29, 0.717) is 0 Å². The van der Waals surface area contributed by atoms with E-state index in [2.05, 4.69) is 15.4 Å². The smallest absolute Gasteiger partial charge is 0.232 e. The summed E-state index contributed by atoms with van der Waals surface area (Å²) >= 11 is 0. The van der Waals surface area contributed by atoms with E-state index in [1.807, 2.05) is 18.2 Å². The van der Waals surface area contributed by atoms with E-state index in [0.717, 1.165) is 17.5 Å². The first-order valence-corrected chi connectivity index (χ1v) is 8.37. The van der Waals surface area contributed by atoms with Crippen LogP contribution in [0.1, 0.15) is 17.9 Å². The molecule has 8 heteroatoms. The third-order valence-corrected chi connectivity index (χ3v) is 3.84. The van der Waals surface area contributed by atoms with E-state index in [1.165, 1.54) is 0 Å². The Morgan fingerprint density at radius 2 is 2.00 bits per heavy atom. The monoisotopic (exact) mass is 311 g/mol. The second-order valence-electron chi connectivity index (χ2n) is 4.85. The van der Waals surface area contributed by atoms with Crippen LogP contribution in [0.3, 0.4) is 0 Å². The average molecular weight is 311 g/mol. The second kappa shape index (κ2) is 6.23. The van der Waals surface area contributed by atoms with Crippen molar-refractivity contribution in [1.82, 2.24) is 10.0 Å². The predicted molar refractivity (Wildman–Crippen MR) is 78.3 cm³/mol. The van der Waals surface area contributed by atoms with Gasteiger partial charge >= 0.3 is 0 Å². The molecule has 0 unspecified atom stereocenters. The summed E-state index contributed by atoms with van der Waals surface area (Å²) in [5.74, 6) is -0.980. The lowest BCUT2D eigenvalue weighted by Gasteiger charge is -2.09. The molecule has 3 N–H and O–H groups in total. The minimum atomic E-state index is -3.26. The van der Waals surface area contributed by atoms with Crippen LogP contribution in [0.15, 0.2) is 24.3 Å². The molecule has 0 fully saturated rings. The summed E-state index contributed by atoms with van der Waals surface area (Å²) in [4.78, 5) is 23.7. The summed E-state index contributed by atoms with van der Waals surface area (Å²) in [7, 11) is -3.26. The third kappa shape index (κ3) is 4.27. The van der Waals surface area contributed by atoms with Gasteiger partial charge in [0.1, 0.15) is 0 Å². The lowest BCUT2D eigenvalue weighted by Crippen LogP contribution is -2.35. The van der Waals surface area contributed by atoms with Crippen LogP contribution in [0.5, 0.6) is 0 Å². The first kappa shape index (κ1) is 15.5. The van der Waals surface area contributed by atoms with E-state index in [1.54, 1.807) is 6.07 Å². The second-order valence-corrected chi connectivity index (χ2v) is 6.68. The molecule has 1 aliphatic rings. The van der Waals surface area contributed by atoms with Crippen molar-refractivity contribution in [1.29, 1.82) is 0 Å². The van der Waals surface area contributed by atoms with Gasteiger partial charge in [0.25, 0.3) is 0 Å². The minimum Gasteiger partial charge on any atom is -0.355 e. The molecule has 1 atom stereocenters. The van der Waals surface area contributed by atoms with Crippen molar-refractivity contribution in [2.75, 3.05) is 24.7 Å². The van der Waals surface area contributed by atoms with Crippen molar-refractivity contribution in [2.45, 2.75) is 12.3 Å². The molecule has 0 saturated carbocycles. The summed E-state index contributed by atoms with van der Waals surface area (Å²) in [6, 6.07) is 7.25. The van der Waals surface area contributed by atoms with Gasteiger partial charge in [0.05, 0.1) is 12.2 Å². The van der Waals surface area contributed by atoms with Crippen molar-refractivity contribution in [3.05, 3.63) is 29.8 Å². The van der Waals surface area contributed by atoms with Crippen LogP contribution in [0.4, 0.5) is 5.69 Å². The highest BCUT2D eigenvalue weighted by Gasteiger charge is 2.31. The number of rotatable bonds is 6. The molecule has 21 heavy (non-hydrogen) atoms. The number of nitrogens with one attached hydrogen (secondary N) is 3. The number of benzene rings is 1. The fourth-order valence-corrected chi connectivity index (χ4v) is 2.65. The van der Waals surface area contributed by atoms with Gasteiger partial charge in [-0.05, 0) is 11.6 Å². The molecule has 0 bridgehead atoms. The largest absolute Gasteiger partial charge is 0.355 e. The van der Waals surface area contributed by atoms with Crippen LogP contribution in [0, 0.1) is 0 Å². The van der Waals surface area contributed by atoms with E-state index < -0.39 is 15.9 Å². The van der Waals surface area contributed by atoms with Gasteiger partial charge in [-0.3, -0.25) is 9.59 Å². The molecule has 2 amide bonds. The van der Waals surface area contributed by atoms with Crippen LogP contribution in [-0.2, 0) is 19.6 Å². The molecule has 0 aromatic heterocycles. The quantitative estimate of drug-likeness (QED) is 0.632. The summed E-state index contributed by atoms with van der Waals surface area (Å²) < 4.78 is 24.0. The number of carbonyl (C=O) groups is 2. The van der Waals surface area contributed by atoms with Crippen molar-refractivity contribution in [3.8, 4) is 0 Å². The SMILES string of the molecule is CS(=O)(=O)NCCNC(=O)C[C@@H]1C(=O)Nc2ccccc21.